The number of ether oxygens (including phenoxy) is 1. The zero-order chi connectivity index (χ0) is 10.0. The van der Waals surface area contributed by atoms with Crippen molar-refractivity contribution < 1.29 is 24.9 Å². The number of phenolic OH excluding ortho intramolecular Hbond substituents is 1. The van der Waals surface area contributed by atoms with E-state index in [0.717, 1.165) is 12.1 Å². The molecule has 0 atom stereocenters. The molecule has 0 aromatic heterocycles. The van der Waals surface area contributed by atoms with Crippen molar-refractivity contribution in [2.75, 3.05) is 7.11 Å². The summed E-state index contributed by atoms with van der Waals surface area (Å²) in [6, 6.07) is 2.25. The van der Waals surface area contributed by atoms with E-state index >= 15 is 0 Å². The lowest BCUT2D eigenvalue weighted by Gasteiger charge is -2.05. The quantitative estimate of drug-likeness (QED) is 0.592. The number of carboxylic acids is 1. The summed E-state index contributed by atoms with van der Waals surface area (Å²) in [5.41, 5.74) is -0.392. The third-order valence-corrected chi connectivity index (χ3v) is 1.53. The van der Waals surface area contributed by atoms with E-state index in [9.17, 15) is 4.79 Å². The van der Waals surface area contributed by atoms with Crippen LogP contribution in [0.3, 0.4) is 0 Å². The van der Waals surface area contributed by atoms with Crippen molar-refractivity contribution in [3.63, 3.8) is 0 Å². The van der Waals surface area contributed by atoms with Gasteiger partial charge in [0.1, 0.15) is 11.3 Å². The fourth-order valence-electron chi connectivity index (χ4n) is 0.874. The van der Waals surface area contributed by atoms with E-state index in [-0.39, 0.29) is 5.75 Å². The number of carboxylic acid groups (broad SMARTS) is 1. The van der Waals surface area contributed by atoms with Crippen LogP contribution in [0.15, 0.2) is 12.1 Å². The summed E-state index contributed by atoms with van der Waals surface area (Å²) in [5.74, 6) is -2.33. The zero-order valence-corrected chi connectivity index (χ0v) is 6.81. The molecule has 5 heteroatoms. The summed E-state index contributed by atoms with van der Waals surface area (Å²) >= 11 is 0. The number of phenols is 2. The Balaban J connectivity index is 3.33. The maximum absolute atomic E-state index is 10.5. The van der Waals surface area contributed by atoms with Crippen molar-refractivity contribution in [3.05, 3.63) is 17.7 Å². The topological polar surface area (TPSA) is 87.0 Å². The molecule has 0 aliphatic carbocycles. The second-order valence-corrected chi connectivity index (χ2v) is 2.35. The molecule has 5 nitrogen and oxygen atoms in total. The Hall–Kier alpha value is -1.91. The Morgan fingerprint density at radius 1 is 1.38 bits per heavy atom. The van der Waals surface area contributed by atoms with Crippen LogP contribution in [0, 0.1) is 0 Å². The van der Waals surface area contributed by atoms with Gasteiger partial charge in [-0.3, -0.25) is 0 Å². The Labute approximate surface area is 73.8 Å². The first-order chi connectivity index (χ1) is 6.06. The van der Waals surface area contributed by atoms with Gasteiger partial charge in [-0.1, -0.05) is 0 Å². The van der Waals surface area contributed by atoms with Crippen LogP contribution in [0.4, 0.5) is 0 Å². The summed E-state index contributed by atoms with van der Waals surface area (Å²) in [7, 11) is 1.33. The molecule has 1 aromatic carbocycles. The highest BCUT2D eigenvalue weighted by Gasteiger charge is 2.15. The fourth-order valence-corrected chi connectivity index (χ4v) is 0.874. The van der Waals surface area contributed by atoms with Crippen LogP contribution >= 0.6 is 0 Å². The van der Waals surface area contributed by atoms with Crippen molar-refractivity contribution in [1.29, 1.82) is 0 Å². The van der Waals surface area contributed by atoms with Gasteiger partial charge in [-0.2, -0.15) is 0 Å². The van der Waals surface area contributed by atoms with E-state index < -0.39 is 23.0 Å². The average Bonchev–Trinajstić information content (AvgIpc) is 2.09. The molecule has 0 aliphatic heterocycles. The molecule has 1 rings (SSSR count). The molecule has 0 fully saturated rings. The Morgan fingerprint density at radius 3 is 2.46 bits per heavy atom. The van der Waals surface area contributed by atoms with Gasteiger partial charge in [0.25, 0.3) is 0 Å². The second-order valence-electron chi connectivity index (χ2n) is 2.35. The minimum absolute atomic E-state index is 0.174. The van der Waals surface area contributed by atoms with Crippen molar-refractivity contribution in [1.82, 2.24) is 0 Å². The summed E-state index contributed by atoms with van der Waals surface area (Å²) in [6.07, 6.45) is 0. The average molecular weight is 184 g/mol. The first kappa shape index (κ1) is 9.18. The first-order valence-corrected chi connectivity index (χ1v) is 3.39. The maximum atomic E-state index is 10.5. The SMILES string of the molecule is COc1cc(O)c(O)c(C(=O)O)c1. The first-order valence-electron chi connectivity index (χ1n) is 3.39. The molecule has 0 heterocycles. The van der Waals surface area contributed by atoms with Gasteiger partial charge in [0.2, 0.25) is 0 Å². The Kier molecular flexibility index (Phi) is 2.27. The van der Waals surface area contributed by atoms with E-state index in [2.05, 4.69) is 0 Å². The summed E-state index contributed by atoms with van der Waals surface area (Å²) in [4.78, 5) is 10.5. The Bertz CT molecular complexity index is 345. The molecule has 0 aliphatic rings. The molecule has 0 amide bonds. The van der Waals surface area contributed by atoms with Gasteiger partial charge in [0.15, 0.2) is 11.5 Å². The van der Waals surface area contributed by atoms with Gasteiger partial charge in [-0.25, -0.2) is 4.79 Å². The third-order valence-electron chi connectivity index (χ3n) is 1.53. The number of rotatable bonds is 2. The highest BCUT2D eigenvalue weighted by molar-refractivity contribution is 5.92. The summed E-state index contributed by atoms with van der Waals surface area (Å²) < 4.78 is 4.71. The number of aromatic hydroxyl groups is 2. The molecule has 70 valence electrons. The lowest BCUT2D eigenvalue weighted by Crippen LogP contribution is -1.97. The summed E-state index contributed by atoms with van der Waals surface area (Å²) in [6.45, 7) is 0. The highest BCUT2D eigenvalue weighted by Crippen LogP contribution is 2.33. The molecule has 0 bridgehead atoms. The van der Waals surface area contributed by atoms with Crippen LogP contribution in [0.5, 0.6) is 17.2 Å². The van der Waals surface area contributed by atoms with Crippen molar-refractivity contribution >= 4 is 5.97 Å². The van der Waals surface area contributed by atoms with Crippen LogP contribution in [0.1, 0.15) is 10.4 Å². The molecule has 0 saturated carbocycles. The molecular formula is C8H8O5. The normalized spacial score (nSPS) is 9.62. The molecule has 0 radical (unpaired) electrons. The van der Waals surface area contributed by atoms with Gasteiger partial charge in [-0.15, -0.1) is 0 Å². The molecular weight excluding hydrogens is 176 g/mol. The summed E-state index contributed by atoms with van der Waals surface area (Å²) in [5, 5.41) is 26.8. The smallest absolute Gasteiger partial charge is 0.339 e. The largest absolute Gasteiger partial charge is 0.504 e. The van der Waals surface area contributed by atoms with Gasteiger partial charge >= 0.3 is 5.97 Å². The number of carbonyl (C=O) groups is 1. The van der Waals surface area contributed by atoms with Crippen molar-refractivity contribution in [2.24, 2.45) is 0 Å². The van der Waals surface area contributed by atoms with Crippen molar-refractivity contribution in [2.45, 2.75) is 0 Å². The number of hydrogen-bond donors (Lipinski definition) is 3. The fraction of sp³-hybridized carbons (Fsp3) is 0.125. The molecule has 3 N–H and O–H groups in total. The molecule has 0 unspecified atom stereocenters. The third kappa shape index (κ3) is 1.64. The van der Waals surface area contributed by atoms with Crippen LogP contribution in [-0.4, -0.2) is 28.4 Å². The maximum Gasteiger partial charge on any atom is 0.339 e. The predicted molar refractivity (Wildman–Crippen MR) is 43.3 cm³/mol. The van der Waals surface area contributed by atoms with E-state index in [1.54, 1.807) is 0 Å². The number of hydrogen-bond acceptors (Lipinski definition) is 4. The molecule has 0 saturated heterocycles. The second kappa shape index (κ2) is 3.22. The van der Waals surface area contributed by atoms with Gasteiger partial charge in [0.05, 0.1) is 7.11 Å². The number of benzene rings is 1. The van der Waals surface area contributed by atoms with Crippen LogP contribution < -0.4 is 4.74 Å². The highest BCUT2D eigenvalue weighted by atomic mass is 16.5. The van der Waals surface area contributed by atoms with E-state index in [0.29, 0.717) is 0 Å². The van der Waals surface area contributed by atoms with Gasteiger partial charge in [0, 0.05) is 6.07 Å². The Morgan fingerprint density at radius 2 is 2.00 bits per heavy atom. The van der Waals surface area contributed by atoms with Gasteiger partial charge in [-0.05, 0) is 6.07 Å². The molecule has 0 spiro atoms. The van der Waals surface area contributed by atoms with Gasteiger partial charge < -0.3 is 20.1 Å². The molecule has 1 aromatic rings. The van der Waals surface area contributed by atoms with Crippen molar-refractivity contribution in [3.8, 4) is 17.2 Å². The number of methoxy groups -OCH3 is 1. The standard InChI is InChI=1S/C8H8O5/c1-13-4-2-5(8(11)12)7(10)6(9)3-4/h2-3,9-10H,1H3,(H,11,12). The minimum Gasteiger partial charge on any atom is -0.504 e. The van der Waals surface area contributed by atoms with E-state index in [4.69, 9.17) is 20.1 Å². The lowest BCUT2D eigenvalue weighted by atomic mass is 10.2. The van der Waals surface area contributed by atoms with E-state index in [1.165, 1.54) is 7.11 Å². The molecule has 13 heavy (non-hydrogen) atoms. The monoisotopic (exact) mass is 184 g/mol. The van der Waals surface area contributed by atoms with Crippen LogP contribution in [-0.2, 0) is 0 Å². The predicted octanol–water partition coefficient (Wildman–Crippen LogP) is 0.805. The number of aromatic carboxylic acids is 1. The van der Waals surface area contributed by atoms with Crippen LogP contribution in [0.2, 0.25) is 0 Å². The zero-order valence-electron chi connectivity index (χ0n) is 6.81. The lowest BCUT2D eigenvalue weighted by molar-refractivity contribution is 0.0692. The minimum atomic E-state index is -1.33. The van der Waals surface area contributed by atoms with E-state index in [1.807, 2.05) is 0 Å². The van der Waals surface area contributed by atoms with Crippen LogP contribution in [0.25, 0.3) is 0 Å².